The summed E-state index contributed by atoms with van der Waals surface area (Å²) in [6.45, 7) is 0.177. The van der Waals surface area contributed by atoms with Gasteiger partial charge in [0.2, 0.25) is 0 Å². The third-order valence-corrected chi connectivity index (χ3v) is 5.76. The second-order valence-corrected chi connectivity index (χ2v) is 7.46. The summed E-state index contributed by atoms with van der Waals surface area (Å²) in [6.07, 6.45) is -4.32. The SMILES string of the molecule is CO[C@@H]1O[C@@H]2CO[C@H](c3ccccc3)O[C@H]2[C@H](O)[C@H]1N1C(=O)c2ccccc2C1=O. The fraction of sp³-hybridized carbons (Fsp3) is 0.364. The number of benzene rings is 2. The molecule has 2 fully saturated rings. The standard InChI is InChI=1S/C22H21NO7/c1-27-22-16(23-19(25)13-9-5-6-10-14(13)20(23)26)17(24)18-15(29-22)11-28-21(30-18)12-7-3-2-4-8-12/h2-10,15-18,21-22,24H,11H2,1H3/t15-,16-,17-,18-,21+,22-/m1/s1. The van der Waals surface area contributed by atoms with E-state index in [2.05, 4.69) is 0 Å². The molecule has 2 amide bonds. The van der Waals surface area contributed by atoms with Gasteiger partial charge in [0.05, 0.1) is 17.7 Å². The molecule has 3 aliphatic heterocycles. The summed E-state index contributed by atoms with van der Waals surface area (Å²) in [7, 11) is 1.40. The van der Waals surface area contributed by atoms with Gasteiger partial charge < -0.3 is 24.1 Å². The van der Waals surface area contributed by atoms with E-state index in [0.29, 0.717) is 11.1 Å². The van der Waals surface area contributed by atoms with Gasteiger partial charge in [0, 0.05) is 12.7 Å². The van der Waals surface area contributed by atoms with E-state index < -0.39 is 48.7 Å². The number of aliphatic hydroxyl groups excluding tert-OH is 1. The van der Waals surface area contributed by atoms with E-state index in [9.17, 15) is 14.7 Å². The zero-order valence-electron chi connectivity index (χ0n) is 16.2. The van der Waals surface area contributed by atoms with Crippen molar-refractivity contribution in [1.82, 2.24) is 4.90 Å². The van der Waals surface area contributed by atoms with Crippen LogP contribution in [0.15, 0.2) is 54.6 Å². The summed E-state index contributed by atoms with van der Waals surface area (Å²) in [4.78, 5) is 27.0. The van der Waals surface area contributed by atoms with E-state index in [-0.39, 0.29) is 6.61 Å². The summed E-state index contributed by atoms with van der Waals surface area (Å²) in [5.41, 5.74) is 1.39. The molecule has 2 aromatic carbocycles. The lowest BCUT2D eigenvalue weighted by molar-refractivity contribution is -0.346. The molecule has 1 N–H and O–H groups in total. The smallest absolute Gasteiger partial charge is 0.262 e. The highest BCUT2D eigenvalue weighted by Crippen LogP contribution is 2.38. The topological polar surface area (TPSA) is 94.5 Å². The number of aliphatic hydroxyl groups is 1. The second kappa shape index (κ2) is 7.57. The molecule has 30 heavy (non-hydrogen) atoms. The molecule has 0 aliphatic carbocycles. The first-order valence-electron chi connectivity index (χ1n) is 9.75. The minimum absolute atomic E-state index is 0.177. The van der Waals surface area contributed by atoms with E-state index >= 15 is 0 Å². The molecule has 2 saturated heterocycles. The molecule has 0 saturated carbocycles. The lowest BCUT2D eigenvalue weighted by atomic mass is 9.94. The maximum Gasteiger partial charge on any atom is 0.262 e. The first-order valence-corrected chi connectivity index (χ1v) is 9.75. The molecule has 5 rings (SSSR count). The Labute approximate surface area is 172 Å². The number of nitrogens with zero attached hydrogens (tertiary/aromatic N) is 1. The molecular weight excluding hydrogens is 390 g/mol. The predicted molar refractivity (Wildman–Crippen MR) is 102 cm³/mol. The van der Waals surface area contributed by atoms with Crippen molar-refractivity contribution < 1.29 is 33.6 Å². The monoisotopic (exact) mass is 411 g/mol. The Morgan fingerprint density at radius 3 is 2.23 bits per heavy atom. The molecule has 0 radical (unpaired) electrons. The third kappa shape index (κ3) is 2.96. The van der Waals surface area contributed by atoms with Crippen LogP contribution in [0.4, 0.5) is 0 Å². The largest absolute Gasteiger partial charge is 0.388 e. The molecule has 0 unspecified atom stereocenters. The van der Waals surface area contributed by atoms with E-state index in [1.807, 2.05) is 30.3 Å². The number of imide groups is 1. The van der Waals surface area contributed by atoms with Crippen LogP contribution in [0.2, 0.25) is 0 Å². The molecule has 0 spiro atoms. The predicted octanol–water partition coefficient (Wildman–Crippen LogP) is 1.50. The number of fused-ring (bicyclic) bond motifs is 2. The van der Waals surface area contributed by atoms with Gasteiger partial charge in [-0.1, -0.05) is 42.5 Å². The van der Waals surface area contributed by atoms with Crippen LogP contribution in [0.1, 0.15) is 32.6 Å². The number of hydrogen-bond acceptors (Lipinski definition) is 7. The van der Waals surface area contributed by atoms with Crippen LogP contribution in [0, 0.1) is 0 Å². The Hall–Kier alpha value is -2.62. The van der Waals surface area contributed by atoms with Crippen LogP contribution in [0.3, 0.4) is 0 Å². The zero-order valence-corrected chi connectivity index (χ0v) is 16.2. The summed E-state index contributed by atoms with van der Waals surface area (Å²) in [5, 5.41) is 11.2. The highest BCUT2D eigenvalue weighted by Gasteiger charge is 2.55. The Morgan fingerprint density at radius 1 is 0.967 bits per heavy atom. The van der Waals surface area contributed by atoms with Gasteiger partial charge in [-0.05, 0) is 12.1 Å². The fourth-order valence-corrected chi connectivity index (χ4v) is 4.31. The molecule has 0 bridgehead atoms. The van der Waals surface area contributed by atoms with Crippen LogP contribution >= 0.6 is 0 Å². The molecule has 8 heteroatoms. The van der Waals surface area contributed by atoms with Gasteiger partial charge in [-0.15, -0.1) is 0 Å². The highest BCUT2D eigenvalue weighted by atomic mass is 16.7. The average Bonchev–Trinajstić information content (AvgIpc) is 3.04. The number of hydrogen-bond donors (Lipinski definition) is 1. The molecule has 6 atom stereocenters. The number of methoxy groups -OCH3 is 1. The van der Waals surface area contributed by atoms with Crippen molar-refractivity contribution >= 4 is 11.8 Å². The number of carbonyl (C=O) groups is 2. The number of ether oxygens (including phenoxy) is 4. The van der Waals surface area contributed by atoms with E-state index in [1.165, 1.54) is 7.11 Å². The van der Waals surface area contributed by atoms with Crippen molar-refractivity contribution in [1.29, 1.82) is 0 Å². The van der Waals surface area contributed by atoms with Crippen molar-refractivity contribution in [2.45, 2.75) is 36.9 Å². The van der Waals surface area contributed by atoms with Crippen LogP contribution in [0.5, 0.6) is 0 Å². The van der Waals surface area contributed by atoms with Crippen LogP contribution in [-0.2, 0) is 18.9 Å². The third-order valence-electron chi connectivity index (χ3n) is 5.76. The molecular formula is C22H21NO7. The van der Waals surface area contributed by atoms with E-state index in [0.717, 1.165) is 10.5 Å². The van der Waals surface area contributed by atoms with Crippen LogP contribution in [-0.4, -0.2) is 66.2 Å². The van der Waals surface area contributed by atoms with Gasteiger partial charge in [0.25, 0.3) is 11.8 Å². The van der Waals surface area contributed by atoms with E-state index in [4.69, 9.17) is 18.9 Å². The van der Waals surface area contributed by atoms with Crippen molar-refractivity contribution in [3.63, 3.8) is 0 Å². The van der Waals surface area contributed by atoms with Gasteiger partial charge in [-0.2, -0.15) is 0 Å². The molecule has 8 nitrogen and oxygen atoms in total. The average molecular weight is 411 g/mol. The lowest BCUT2D eigenvalue weighted by Crippen LogP contribution is -2.67. The molecule has 156 valence electrons. The number of amides is 2. The van der Waals surface area contributed by atoms with Gasteiger partial charge in [0.15, 0.2) is 12.6 Å². The van der Waals surface area contributed by atoms with Gasteiger partial charge in [-0.3, -0.25) is 14.5 Å². The minimum atomic E-state index is -1.22. The first-order chi connectivity index (χ1) is 14.6. The second-order valence-electron chi connectivity index (χ2n) is 7.46. The summed E-state index contributed by atoms with van der Waals surface area (Å²) < 4.78 is 23.1. The maximum atomic E-state index is 13.0. The van der Waals surface area contributed by atoms with Crippen molar-refractivity contribution in [2.75, 3.05) is 13.7 Å². The zero-order chi connectivity index (χ0) is 20.8. The first kappa shape index (κ1) is 19.3. The summed E-state index contributed by atoms with van der Waals surface area (Å²) >= 11 is 0. The molecule has 0 aromatic heterocycles. The van der Waals surface area contributed by atoms with Gasteiger partial charge in [-0.25, -0.2) is 0 Å². The fourth-order valence-electron chi connectivity index (χ4n) is 4.31. The number of carbonyl (C=O) groups excluding carboxylic acids is 2. The summed E-state index contributed by atoms with van der Waals surface area (Å²) in [5.74, 6) is -0.981. The van der Waals surface area contributed by atoms with Gasteiger partial charge >= 0.3 is 0 Å². The Kier molecular flexibility index (Phi) is 4.88. The Bertz CT molecular complexity index is 930. The van der Waals surface area contributed by atoms with Crippen LogP contribution in [0.25, 0.3) is 0 Å². The molecule has 3 aliphatic rings. The molecule has 2 aromatic rings. The van der Waals surface area contributed by atoms with Gasteiger partial charge in [0.1, 0.15) is 24.4 Å². The number of rotatable bonds is 3. The van der Waals surface area contributed by atoms with Crippen molar-refractivity contribution in [2.24, 2.45) is 0 Å². The van der Waals surface area contributed by atoms with Crippen molar-refractivity contribution in [3.8, 4) is 0 Å². The van der Waals surface area contributed by atoms with Crippen molar-refractivity contribution in [3.05, 3.63) is 71.3 Å². The lowest BCUT2D eigenvalue weighted by Gasteiger charge is -2.49. The highest BCUT2D eigenvalue weighted by molar-refractivity contribution is 6.21. The van der Waals surface area contributed by atoms with Crippen LogP contribution < -0.4 is 0 Å². The normalized spacial score (nSPS) is 33.3. The summed E-state index contributed by atoms with van der Waals surface area (Å²) in [6, 6.07) is 14.8. The quantitative estimate of drug-likeness (QED) is 0.765. The van der Waals surface area contributed by atoms with E-state index in [1.54, 1.807) is 24.3 Å². The maximum absolute atomic E-state index is 13.0. The minimum Gasteiger partial charge on any atom is -0.388 e. The Morgan fingerprint density at radius 2 is 1.60 bits per heavy atom. The molecule has 3 heterocycles. The Balaban J connectivity index is 1.45.